The van der Waals surface area contributed by atoms with Crippen LogP contribution in [0.5, 0.6) is 11.5 Å². The molecule has 7 rings (SSSR count). The predicted molar refractivity (Wildman–Crippen MR) is 278 cm³/mol. The molecular formula is C57H75N3O14S. The van der Waals surface area contributed by atoms with Crippen molar-refractivity contribution in [3.63, 3.8) is 0 Å². The summed E-state index contributed by atoms with van der Waals surface area (Å²) in [5, 5.41) is 2.80. The highest BCUT2D eigenvalue weighted by Crippen LogP contribution is 2.37. The van der Waals surface area contributed by atoms with Crippen LogP contribution in [0.15, 0.2) is 42.5 Å². The Morgan fingerprint density at radius 1 is 0.587 bits per heavy atom. The third-order valence-corrected chi connectivity index (χ3v) is 16.8. The summed E-state index contributed by atoms with van der Waals surface area (Å²) in [5.74, 6) is -4.46. The number of para-hydroxylation sites is 1. The number of hydrazine groups is 1. The average Bonchev–Trinajstić information content (AvgIpc) is 3.85. The second-order valence-corrected chi connectivity index (χ2v) is 22.0. The van der Waals surface area contributed by atoms with Crippen molar-refractivity contribution in [1.29, 1.82) is 0 Å². The van der Waals surface area contributed by atoms with Crippen LogP contribution in [-0.4, -0.2) is 72.0 Å². The van der Waals surface area contributed by atoms with Gasteiger partial charge < -0.3 is 28.4 Å². The monoisotopic (exact) mass is 1060 g/mol. The maximum Gasteiger partial charge on any atom is 0.314 e. The molecule has 4 saturated carbocycles. The molecule has 408 valence electrons. The third-order valence-electron chi connectivity index (χ3n) is 15.7. The highest BCUT2D eigenvalue weighted by molar-refractivity contribution is 7.22. The van der Waals surface area contributed by atoms with E-state index in [1.165, 1.54) is 6.92 Å². The minimum atomic E-state index is -1.06. The van der Waals surface area contributed by atoms with E-state index in [4.69, 9.17) is 33.4 Å². The number of esters is 6. The summed E-state index contributed by atoms with van der Waals surface area (Å²) in [5.41, 5.74) is 4.98. The van der Waals surface area contributed by atoms with Gasteiger partial charge in [0.25, 0.3) is 0 Å². The molecule has 0 amide bonds. The number of unbranched alkanes of at least 4 members (excludes halogenated alkanes) is 3. The molecule has 0 aliphatic heterocycles. The number of carbonyl (C=O) groups is 8. The Labute approximate surface area is 443 Å². The first kappa shape index (κ1) is 57.0. The van der Waals surface area contributed by atoms with Crippen molar-refractivity contribution >= 4 is 74.1 Å². The van der Waals surface area contributed by atoms with E-state index in [-0.39, 0.29) is 47.5 Å². The van der Waals surface area contributed by atoms with E-state index in [2.05, 4.69) is 12.3 Å². The molecule has 1 heterocycles. The molecule has 1 N–H and O–H groups in total. The van der Waals surface area contributed by atoms with Crippen LogP contribution >= 0.6 is 11.3 Å². The number of nitrogens with one attached hydrogen (secondary N) is 1. The average molecular weight is 1060 g/mol. The molecule has 17 nitrogen and oxygen atoms in total. The number of hydrogen-bond donors (Lipinski definition) is 1. The van der Waals surface area contributed by atoms with Gasteiger partial charge in [0.2, 0.25) is 18.2 Å². The molecular weight excluding hydrogens is 983 g/mol. The highest BCUT2D eigenvalue weighted by atomic mass is 32.1. The number of anilines is 1. The molecule has 1 atom stereocenters. The molecule has 75 heavy (non-hydrogen) atoms. The SMILES string of the molecule is CCCCCCN(NCc1cc(OC(=O)C2CCC(C(=O)OC(C)OC(=O)C3CCC(C(C)=O)CC3)CC2)ccc1OC(=O)C1CCC(C(=O)OCOC(=O)C2CCC(C(C)=O)CC2)CC1)c1nc2ccccc2s1. The summed E-state index contributed by atoms with van der Waals surface area (Å²) < 4.78 is 34.8. The fraction of sp³-hybridized carbons (Fsp3) is 0.632. The van der Waals surface area contributed by atoms with Gasteiger partial charge in [-0.15, -0.1) is 0 Å². The van der Waals surface area contributed by atoms with Crippen molar-refractivity contribution in [1.82, 2.24) is 10.4 Å². The van der Waals surface area contributed by atoms with Crippen molar-refractivity contribution < 1.29 is 66.8 Å². The van der Waals surface area contributed by atoms with Gasteiger partial charge in [0.1, 0.15) is 23.1 Å². The van der Waals surface area contributed by atoms with E-state index in [0.717, 1.165) is 41.0 Å². The van der Waals surface area contributed by atoms with Crippen LogP contribution in [0.2, 0.25) is 0 Å². The fourth-order valence-electron chi connectivity index (χ4n) is 10.9. The topological polar surface area (TPSA) is 220 Å². The molecule has 0 spiro atoms. The number of thiazole rings is 1. The van der Waals surface area contributed by atoms with E-state index in [9.17, 15) is 38.4 Å². The number of hydrogen-bond acceptors (Lipinski definition) is 18. The van der Waals surface area contributed by atoms with Crippen LogP contribution < -0.4 is 19.9 Å². The van der Waals surface area contributed by atoms with E-state index in [1.807, 2.05) is 29.3 Å². The number of carbonyl (C=O) groups excluding carboxylic acids is 8. The first-order valence-corrected chi connectivity index (χ1v) is 28.1. The zero-order chi connectivity index (χ0) is 53.4. The Balaban J connectivity index is 0.936. The summed E-state index contributed by atoms with van der Waals surface area (Å²) in [4.78, 5) is 107. The number of rotatable bonds is 23. The maximum atomic E-state index is 13.9. The molecule has 1 aromatic heterocycles. The zero-order valence-corrected chi connectivity index (χ0v) is 44.8. The van der Waals surface area contributed by atoms with Gasteiger partial charge in [0.15, 0.2) is 0 Å². The minimum absolute atomic E-state index is 0.0191. The quantitative estimate of drug-likeness (QED) is 0.0307. The Bertz CT molecular complexity index is 2430. The minimum Gasteiger partial charge on any atom is -0.428 e. The Morgan fingerprint density at radius 2 is 1.05 bits per heavy atom. The maximum absolute atomic E-state index is 13.9. The lowest BCUT2D eigenvalue weighted by atomic mass is 9.80. The van der Waals surface area contributed by atoms with Crippen molar-refractivity contribution in [2.45, 2.75) is 169 Å². The number of ether oxygens (including phenoxy) is 6. The van der Waals surface area contributed by atoms with Crippen molar-refractivity contribution in [3.8, 4) is 11.5 Å². The number of aromatic nitrogens is 1. The molecule has 0 bridgehead atoms. The van der Waals surface area contributed by atoms with Gasteiger partial charge in [-0.1, -0.05) is 49.7 Å². The van der Waals surface area contributed by atoms with E-state index >= 15 is 0 Å². The summed E-state index contributed by atoms with van der Waals surface area (Å²) >= 11 is 1.57. The van der Waals surface area contributed by atoms with Gasteiger partial charge >= 0.3 is 35.8 Å². The highest BCUT2D eigenvalue weighted by Gasteiger charge is 2.36. The fourth-order valence-corrected chi connectivity index (χ4v) is 11.8. The molecule has 1 unspecified atom stereocenters. The number of ketones is 2. The lowest BCUT2D eigenvalue weighted by Crippen LogP contribution is -2.38. The third kappa shape index (κ3) is 16.4. The lowest BCUT2D eigenvalue weighted by Gasteiger charge is -2.28. The lowest BCUT2D eigenvalue weighted by molar-refractivity contribution is -0.192. The molecule has 3 aromatic rings. The van der Waals surface area contributed by atoms with Gasteiger partial charge in [0, 0.05) is 37.4 Å². The first-order valence-electron chi connectivity index (χ1n) is 27.3. The van der Waals surface area contributed by atoms with Gasteiger partial charge in [-0.2, -0.15) is 0 Å². The normalized spacial score (nSPS) is 24.2. The Hall–Kier alpha value is -5.75. The molecule has 4 aliphatic carbocycles. The van der Waals surface area contributed by atoms with Crippen LogP contribution in [-0.2, 0) is 63.8 Å². The van der Waals surface area contributed by atoms with Crippen LogP contribution in [0.3, 0.4) is 0 Å². The summed E-state index contributed by atoms with van der Waals surface area (Å²) in [7, 11) is 0. The molecule has 0 radical (unpaired) electrons. The Kier molecular flexibility index (Phi) is 21.2. The summed E-state index contributed by atoms with van der Waals surface area (Å²) in [6.45, 7) is 7.22. The zero-order valence-electron chi connectivity index (χ0n) is 44.0. The Morgan fingerprint density at radius 3 is 1.55 bits per heavy atom. The second-order valence-electron chi connectivity index (χ2n) is 21.0. The molecule has 2 aromatic carbocycles. The largest absolute Gasteiger partial charge is 0.428 e. The summed E-state index contributed by atoms with van der Waals surface area (Å²) in [6.07, 6.45) is 11.0. The number of fused-ring (bicyclic) bond motifs is 1. The molecule has 4 aliphatic rings. The number of nitrogens with zero attached hydrogens (tertiary/aromatic N) is 2. The van der Waals surface area contributed by atoms with E-state index < -0.39 is 72.6 Å². The van der Waals surface area contributed by atoms with Crippen molar-refractivity contribution in [2.24, 2.45) is 47.3 Å². The first-order chi connectivity index (χ1) is 36.1. The number of benzene rings is 2. The second kappa shape index (κ2) is 27.9. The standard InChI is InChI=1S/C57H75N3O14S/c1-5-6-7-10-31-60(57-59-48-11-8-9-12-50(48)75-57)58-33-46-32-47(73-55(67)44-27-25-43(26-28-44)54(66)72-37(4)71-53(65)42-19-15-39(16-20-42)36(3)62)29-30-49(46)74-56(68)45-23-21-41(22-24-45)52(64)70-34-69-51(63)40-17-13-38(14-18-40)35(2)61/h8-9,11-12,29-30,32,37-45,58H,5-7,10,13-28,31,33-34H2,1-4H3. The van der Waals surface area contributed by atoms with Gasteiger partial charge in [-0.3, -0.25) is 43.4 Å². The van der Waals surface area contributed by atoms with Crippen LogP contribution in [0.25, 0.3) is 10.2 Å². The van der Waals surface area contributed by atoms with E-state index in [1.54, 1.807) is 43.4 Å². The van der Waals surface area contributed by atoms with Crippen molar-refractivity contribution in [2.75, 3.05) is 18.3 Å². The predicted octanol–water partition coefficient (Wildman–Crippen LogP) is 10.1. The molecule has 0 saturated heterocycles. The summed E-state index contributed by atoms with van der Waals surface area (Å²) in [6, 6.07) is 12.9. The molecule has 18 heteroatoms. The van der Waals surface area contributed by atoms with Crippen LogP contribution in [0.4, 0.5) is 5.13 Å². The molecule has 4 fully saturated rings. The van der Waals surface area contributed by atoms with E-state index in [0.29, 0.717) is 121 Å². The van der Waals surface area contributed by atoms with Crippen LogP contribution in [0.1, 0.15) is 162 Å². The smallest absolute Gasteiger partial charge is 0.314 e. The van der Waals surface area contributed by atoms with Gasteiger partial charge in [-0.25, -0.2) is 10.4 Å². The van der Waals surface area contributed by atoms with Gasteiger partial charge in [0.05, 0.1) is 45.7 Å². The van der Waals surface area contributed by atoms with Gasteiger partial charge in [-0.05, 0) is 153 Å². The van der Waals surface area contributed by atoms with Crippen molar-refractivity contribution in [3.05, 3.63) is 48.0 Å². The van der Waals surface area contributed by atoms with Crippen LogP contribution in [0, 0.1) is 47.3 Å². The number of Topliss-reactive ketones (excluding diaryl/α,β-unsaturated/α-hetero) is 2.